The summed E-state index contributed by atoms with van der Waals surface area (Å²) in [4.78, 5) is 16.3. The van der Waals surface area contributed by atoms with Gasteiger partial charge in [-0.15, -0.1) is 0 Å². The summed E-state index contributed by atoms with van der Waals surface area (Å²) in [6, 6.07) is 11.1. The molecule has 2 heterocycles. The fourth-order valence-electron chi connectivity index (χ4n) is 4.82. The number of carbonyl (C=O) groups is 1. The van der Waals surface area contributed by atoms with E-state index in [1.165, 1.54) is 13.2 Å². The maximum Gasteiger partial charge on any atom is 0.416 e. The van der Waals surface area contributed by atoms with Gasteiger partial charge in [-0.25, -0.2) is 4.79 Å². The molecule has 2 amide bonds. The zero-order valence-corrected chi connectivity index (χ0v) is 20.3. The van der Waals surface area contributed by atoms with Crippen molar-refractivity contribution in [1.29, 1.82) is 0 Å². The molecule has 2 aliphatic heterocycles. The van der Waals surface area contributed by atoms with Crippen LogP contribution in [0.5, 0.6) is 5.75 Å². The summed E-state index contributed by atoms with van der Waals surface area (Å²) in [5.41, 5.74) is 0.328. The number of nitrogens with zero attached hydrogens (tertiary/aromatic N) is 2. The standard InChI is InChI=1S/C25H31F3N4O5/c1-36-19-7-3-5-17(13-19)30-24(35)29-14-20-22(23(34)21(15-33)37-20)32-10-8-31(9-11-32)18-6-2-4-16(12-18)25(26,27)28/h2-7,12-13,20-23,33-34H,8-11,14-15H2,1H3,(H2,29,30,35). The highest BCUT2D eigenvalue weighted by Gasteiger charge is 2.46. The van der Waals surface area contributed by atoms with Crippen molar-refractivity contribution in [2.45, 2.75) is 30.5 Å². The second-order valence-electron chi connectivity index (χ2n) is 9.01. The topological polar surface area (TPSA) is 107 Å². The van der Waals surface area contributed by atoms with Crippen molar-refractivity contribution >= 4 is 17.4 Å². The van der Waals surface area contributed by atoms with Crippen LogP contribution in [0.15, 0.2) is 48.5 Å². The molecule has 0 spiro atoms. The molecule has 2 aromatic rings. The fraction of sp³-hybridized carbons (Fsp3) is 0.480. The smallest absolute Gasteiger partial charge is 0.416 e. The highest BCUT2D eigenvalue weighted by Crippen LogP contribution is 2.32. The van der Waals surface area contributed by atoms with Crippen molar-refractivity contribution < 1.29 is 37.7 Å². The highest BCUT2D eigenvalue weighted by molar-refractivity contribution is 5.89. The van der Waals surface area contributed by atoms with Gasteiger partial charge in [0.15, 0.2) is 0 Å². The van der Waals surface area contributed by atoms with Crippen LogP contribution in [-0.2, 0) is 10.9 Å². The maximum atomic E-state index is 13.1. The first-order valence-electron chi connectivity index (χ1n) is 12.0. The molecular formula is C25H31F3N4O5. The van der Waals surface area contributed by atoms with Crippen molar-refractivity contribution in [3.63, 3.8) is 0 Å². The third-order valence-electron chi connectivity index (χ3n) is 6.71. The van der Waals surface area contributed by atoms with Crippen LogP contribution in [0.1, 0.15) is 5.56 Å². The largest absolute Gasteiger partial charge is 0.497 e. The monoisotopic (exact) mass is 524 g/mol. The Bertz CT molecular complexity index is 1060. The van der Waals surface area contributed by atoms with Crippen molar-refractivity contribution in [1.82, 2.24) is 10.2 Å². The predicted octanol–water partition coefficient (Wildman–Crippen LogP) is 2.15. The number of halogens is 3. The van der Waals surface area contributed by atoms with E-state index in [4.69, 9.17) is 9.47 Å². The first-order chi connectivity index (χ1) is 17.7. The fourth-order valence-corrected chi connectivity index (χ4v) is 4.82. The Labute approximate surface area is 212 Å². The summed E-state index contributed by atoms with van der Waals surface area (Å²) in [5, 5.41) is 26.0. The SMILES string of the molecule is COc1cccc(NC(=O)NCC2OC(CO)C(O)C2N2CCN(c3cccc(C(F)(F)F)c3)CC2)c1. The van der Waals surface area contributed by atoms with E-state index < -0.39 is 42.1 Å². The average Bonchev–Trinajstić information content (AvgIpc) is 3.22. The van der Waals surface area contributed by atoms with Crippen LogP contribution in [0, 0.1) is 0 Å². The Morgan fingerprint density at radius 3 is 2.51 bits per heavy atom. The Hall–Kier alpha value is -3.06. The van der Waals surface area contributed by atoms with E-state index in [1.54, 1.807) is 30.3 Å². The number of benzene rings is 2. The lowest BCUT2D eigenvalue weighted by molar-refractivity contribution is -0.137. The summed E-state index contributed by atoms with van der Waals surface area (Å²) in [6.45, 7) is 1.53. The number of carbonyl (C=O) groups excluding carboxylic acids is 1. The number of methoxy groups -OCH3 is 1. The average molecular weight is 525 g/mol. The lowest BCUT2D eigenvalue weighted by Gasteiger charge is -2.41. The number of anilines is 2. The number of urea groups is 1. The van der Waals surface area contributed by atoms with E-state index in [0.717, 1.165) is 12.1 Å². The molecule has 4 rings (SSSR count). The molecule has 37 heavy (non-hydrogen) atoms. The van der Waals surface area contributed by atoms with Crippen LogP contribution in [0.25, 0.3) is 0 Å². The molecule has 4 atom stereocenters. The minimum Gasteiger partial charge on any atom is -0.497 e. The second-order valence-corrected chi connectivity index (χ2v) is 9.01. The summed E-state index contributed by atoms with van der Waals surface area (Å²) in [7, 11) is 1.53. The number of aliphatic hydroxyl groups is 2. The summed E-state index contributed by atoms with van der Waals surface area (Å²) in [5.74, 6) is 0.593. The third kappa shape index (κ3) is 6.45. The van der Waals surface area contributed by atoms with Gasteiger partial charge in [-0.05, 0) is 30.3 Å². The van der Waals surface area contributed by atoms with Gasteiger partial charge in [0.2, 0.25) is 0 Å². The first-order valence-corrected chi connectivity index (χ1v) is 12.0. The molecular weight excluding hydrogens is 493 g/mol. The van der Waals surface area contributed by atoms with Gasteiger partial charge in [-0.3, -0.25) is 4.90 Å². The molecule has 202 valence electrons. The van der Waals surface area contributed by atoms with Crippen molar-refractivity contribution in [3.8, 4) is 5.75 Å². The molecule has 2 saturated heterocycles. The number of nitrogens with one attached hydrogen (secondary N) is 2. The third-order valence-corrected chi connectivity index (χ3v) is 6.71. The number of alkyl halides is 3. The van der Waals surface area contributed by atoms with Gasteiger partial charge in [-0.2, -0.15) is 13.2 Å². The van der Waals surface area contributed by atoms with Crippen LogP contribution >= 0.6 is 0 Å². The molecule has 4 N–H and O–H groups in total. The van der Waals surface area contributed by atoms with Gasteiger partial charge in [0, 0.05) is 50.2 Å². The molecule has 0 saturated carbocycles. The van der Waals surface area contributed by atoms with Crippen LogP contribution in [0.4, 0.5) is 29.3 Å². The predicted molar refractivity (Wildman–Crippen MR) is 131 cm³/mol. The molecule has 0 radical (unpaired) electrons. The van der Waals surface area contributed by atoms with Crippen molar-refractivity contribution in [2.24, 2.45) is 0 Å². The lowest BCUT2D eigenvalue weighted by atomic mass is 10.0. The number of ether oxygens (including phenoxy) is 2. The number of amides is 2. The van der Waals surface area contributed by atoms with Crippen molar-refractivity contribution in [3.05, 3.63) is 54.1 Å². The highest BCUT2D eigenvalue weighted by atomic mass is 19.4. The molecule has 0 aromatic heterocycles. The summed E-state index contributed by atoms with van der Waals surface area (Å²) < 4.78 is 50.3. The minimum absolute atomic E-state index is 0.0852. The Balaban J connectivity index is 1.36. The molecule has 0 bridgehead atoms. The number of hydrogen-bond acceptors (Lipinski definition) is 7. The Kier molecular flexibility index (Phi) is 8.42. The van der Waals surface area contributed by atoms with Gasteiger partial charge in [0.25, 0.3) is 0 Å². The number of hydrogen-bond donors (Lipinski definition) is 4. The number of rotatable bonds is 7. The first kappa shape index (κ1) is 27.0. The zero-order chi connectivity index (χ0) is 26.6. The normalized spacial score (nSPS) is 24.6. The number of aliphatic hydroxyl groups excluding tert-OH is 2. The Morgan fingerprint density at radius 1 is 1.11 bits per heavy atom. The minimum atomic E-state index is -4.42. The summed E-state index contributed by atoms with van der Waals surface area (Å²) in [6.07, 6.45) is -6.80. The van der Waals surface area contributed by atoms with Gasteiger partial charge in [0.05, 0.1) is 31.4 Å². The van der Waals surface area contributed by atoms with E-state index in [9.17, 15) is 28.2 Å². The molecule has 9 nitrogen and oxygen atoms in total. The maximum absolute atomic E-state index is 13.1. The molecule has 2 fully saturated rings. The molecule has 4 unspecified atom stereocenters. The van der Waals surface area contributed by atoms with E-state index in [1.807, 2.05) is 9.80 Å². The molecule has 2 aliphatic rings. The molecule has 2 aromatic carbocycles. The van der Waals surface area contributed by atoms with Gasteiger partial charge in [0.1, 0.15) is 18.0 Å². The van der Waals surface area contributed by atoms with Crippen LogP contribution in [0.3, 0.4) is 0 Å². The Morgan fingerprint density at radius 2 is 1.84 bits per heavy atom. The van der Waals surface area contributed by atoms with Crippen LogP contribution < -0.4 is 20.3 Å². The van der Waals surface area contributed by atoms with E-state index >= 15 is 0 Å². The van der Waals surface area contributed by atoms with Gasteiger partial charge < -0.3 is 35.2 Å². The van der Waals surface area contributed by atoms with Crippen LogP contribution in [0.2, 0.25) is 0 Å². The van der Waals surface area contributed by atoms with Crippen molar-refractivity contribution in [2.75, 3.05) is 56.7 Å². The quantitative estimate of drug-likeness (QED) is 0.440. The van der Waals surface area contributed by atoms with E-state index in [0.29, 0.717) is 43.3 Å². The van der Waals surface area contributed by atoms with Gasteiger partial charge in [-0.1, -0.05) is 12.1 Å². The second kappa shape index (κ2) is 11.5. The zero-order valence-electron chi connectivity index (χ0n) is 20.3. The van der Waals surface area contributed by atoms with E-state index in [2.05, 4.69) is 10.6 Å². The lowest BCUT2D eigenvalue weighted by Crippen LogP contribution is -2.57. The number of piperazine rings is 1. The summed E-state index contributed by atoms with van der Waals surface area (Å²) >= 11 is 0. The van der Waals surface area contributed by atoms with E-state index in [-0.39, 0.29) is 13.2 Å². The molecule has 12 heteroatoms. The molecule has 0 aliphatic carbocycles. The van der Waals surface area contributed by atoms with Crippen LogP contribution in [-0.4, -0.2) is 91.9 Å². The van der Waals surface area contributed by atoms with Gasteiger partial charge >= 0.3 is 12.2 Å².